The van der Waals surface area contributed by atoms with E-state index in [1.807, 2.05) is 18.2 Å². The van der Waals surface area contributed by atoms with Crippen LogP contribution in [0.2, 0.25) is 0 Å². The summed E-state index contributed by atoms with van der Waals surface area (Å²) < 4.78 is 5.69. The predicted molar refractivity (Wildman–Crippen MR) is 78.4 cm³/mol. The summed E-state index contributed by atoms with van der Waals surface area (Å²) in [5.41, 5.74) is -0.248. The standard InChI is InChI=1S/C17H24O3/c1-12-9-10-14(17(2,3)19)15(11-12)20-16(18)13-7-5-4-6-8-13/h4-8,12,14-15,19H,9-11H2,1-3H3/t12-,14-,15-/m1/s1. The van der Waals surface area contributed by atoms with Crippen LogP contribution in [0.25, 0.3) is 0 Å². The van der Waals surface area contributed by atoms with Crippen LogP contribution in [0.3, 0.4) is 0 Å². The van der Waals surface area contributed by atoms with E-state index in [-0.39, 0.29) is 18.0 Å². The van der Waals surface area contributed by atoms with Gasteiger partial charge in [0.05, 0.1) is 11.2 Å². The highest BCUT2D eigenvalue weighted by molar-refractivity contribution is 5.89. The molecule has 2 rings (SSSR count). The third-order valence-corrected chi connectivity index (χ3v) is 4.23. The Balaban J connectivity index is 2.10. The Morgan fingerprint density at radius 3 is 2.50 bits per heavy atom. The number of carbonyl (C=O) groups excluding carboxylic acids is 1. The molecule has 0 unspecified atom stereocenters. The molecule has 1 aromatic rings. The molecule has 1 aromatic carbocycles. The highest BCUT2D eigenvalue weighted by atomic mass is 16.5. The van der Waals surface area contributed by atoms with Gasteiger partial charge in [-0.3, -0.25) is 0 Å². The molecule has 0 heterocycles. The lowest BCUT2D eigenvalue weighted by molar-refractivity contribution is -0.0820. The normalized spacial score (nSPS) is 27.1. The third-order valence-electron chi connectivity index (χ3n) is 4.23. The third kappa shape index (κ3) is 3.60. The molecule has 3 heteroatoms. The molecule has 0 bridgehead atoms. The van der Waals surface area contributed by atoms with Crippen LogP contribution in [0.5, 0.6) is 0 Å². The minimum absolute atomic E-state index is 0.00589. The van der Waals surface area contributed by atoms with Crippen molar-refractivity contribution in [3.05, 3.63) is 35.9 Å². The van der Waals surface area contributed by atoms with Crippen molar-refractivity contribution in [1.29, 1.82) is 0 Å². The summed E-state index contributed by atoms with van der Waals surface area (Å²) in [5, 5.41) is 10.3. The Labute approximate surface area is 121 Å². The van der Waals surface area contributed by atoms with Crippen LogP contribution in [0.1, 0.15) is 50.4 Å². The van der Waals surface area contributed by atoms with Crippen LogP contribution in [-0.4, -0.2) is 22.8 Å². The van der Waals surface area contributed by atoms with Crippen LogP contribution in [0, 0.1) is 11.8 Å². The van der Waals surface area contributed by atoms with Gasteiger partial charge in [0.1, 0.15) is 6.10 Å². The van der Waals surface area contributed by atoms with Crippen LogP contribution in [0.4, 0.5) is 0 Å². The van der Waals surface area contributed by atoms with Gasteiger partial charge >= 0.3 is 5.97 Å². The monoisotopic (exact) mass is 276 g/mol. The fraction of sp³-hybridized carbons (Fsp3) is 0.588. The van der Waals surface area contributed by atoms with Gasteiger partial charge in [-0.15, -0.1) is 0 Å². The van der Waals surface area contributed by atoms with E-state index in [1.165, 1.54) is 0 Å². The van der Waals surface area contributed by atoms with Gasteiger partial charge in [-0.25, -0.2) is 4.79 Å². The first-order chi connectivity index (χ1) is 9.38. The van der Waals surface area contributed by atoms with Gasteiger partial charge in [-0.1, -0.05) is 31.5 Å². The van der Waals surface area contributed by atoms with Crippen LogP contribution in [-0.2, 0) is 4.74 Å². The first kappa shape index (κ1) is 15.0. The largest absolute Gasteiger partial charge is 0.458 e. The number of esters is 1. The number of ether oxygens (including phenoxy) is 1. The molecule has 3 nitrogen and oxygen atoms in total. The summed E-state index contributed by atoms with van der Waals surface area (Å²) in [6.07, 6.45) is 2.60. The molecule has 0 aliphatic heterocycles. The maximum atomic E-state index is 12.2. The second-order valence-electron chi connectivity index (χ2n) is 6.49. The molecule has 0 saturated heterocycles. The molecule has 0 radical (unpaired) electrons. The molecule has 0 amide bonds. The Morgan fingerprint density at radius 1 is 1.25 bits per heavy atom. The number of benzene rings is 1. The van der Waals surface area contributed by atoms with Crippen LogP contribution in [0.15, 0.2) is 30.3 Å². The molecule has 0 spiro atoms. The lowest BCUT2D eigenvalue weighted by Crippen LogP contribution is -2.44. The fourth-order valence-electron chi connectivity index (χ4n) is 3.05. The number of hydrogen-bond acceptors (Lipinski definition) is 3. The summed E-state index contributed by atoms with van der Waals surface area (Å²) in [6, 6.07) is 9.04. The first-order valence-electron chi connectivity index (χ1n) is 7.36. The molecule has 1 saturated carbocycles. The van der Waals surface area contributed by atoms with Gasteiger partial charge < -0.3 is 9.84 Å². The van der Waals surface area contributed by atoms with Crippen molar-refractivity contribution >= 4 is 5.97 Å². The van der Waals surface area contributed by atoms with Crippen LogP contribution < -0.4 is 0 Å². The molecule has 20 heavy (non-hydrogen) atoms. The Kier molecular flexibility index (Phi) is 4.48. The summed E-state index contributed by atoms with van der Waals surface area (Å²) in [5.74, 6) is 0.243. The minimum atomic E-state index is -0.818. The molecule has 1 aliphatic carbocycles. The maximum absolute atomic E-state index is 12.2. The lowest BCUT2D eigenvalue weighted by Gasteiger charge is -2.40. The van der Waals surface area contributed by atoms with E-state index in [2.05, 4.69) is 6.92 Å². The van der Waals surface area contributed by atoms with Crippen molar-refractivity contribution in [1.82, 2.24) is 0 Å². The van der Waals surface area contributed by atoms with Crippen molar-refractivity contribution in [2.24, 2.45) is 11.8 Å². The average Bonchev–Trinajstić information content (AvgIpc) is 2.38. The molecule has 1 aliphatic rings. The molecular weight excluding hydrogens is 252 g/mol. The Hall–Kier alpha value is -1.35. The topological polar surface area (TPSA) is 46.5 Å². The molecule has 1 fully saturated rings. The number of carbonyl (C=O) groups is 1. The van der Waals surface area contributed by atoms with E-state index in [9.17, 15) is 9.90 Å². The Bertz CT molecular complexity index is 447. The van der Waals surface area contributed by atoms with Gasteiger partial charge in [-0.05, 0) is 44.7 Å². The smallest absolute Gasteiger partial charge is 0.338 e. The zero-order valence-corrected chi connectivity index (χ0v) is 12.5. The Morgan fingerprint density at radius 2 is 1.90 bits per heavy atom. The van der Waals surface area contributed by atoms with Crippen molar-refractivity contribution in [2.75, 3.05) is 0 Å². The average molecular weight is 276 g/mol. The zero-order chi connectivity index (χ0) is 14.8. The van der Waals surface area contributed by atoms with Crippen molar-refractivity contribution in [3.63, 3.8) is 0 Å². The van der Waals surface area contributed by atoms with Gasteiger partial charge in [0.15, 0.2) is 0 Å². The predicted octanol–water partition coefficient (Wildman–Crippen LogP) is 3.42. The second kappa shape index (κ2) is 5.96. The highest BCUT2D eigenvalue weighted by Gasteiger charge is 2.40. The molecule has 1 N–H and O–H groups in total. The fourth-order valence-corrected chi connectivity index (χ4v) is 3.05. The van der Waals surface area contributed by atoms with Gasteiger partial charge in [-0.2, -0.15) is 0 Å². The maximum Gasteiger partial charge on any atom is 0.338 e. The summed E-state index contributed by atoms with van der Waals surface area (Å²) in [7, 11) is 0. The summed E-state index contributed by atoms with van der Waals surface area (Å²) in [6.45, 7) is 5.78. The lowest BCUT2D eigenvalue weighted by atomic mass is 9.73. The SMILES string of the molecule is C[C@@H]1CC[C@@H](C(C)(C)O)[C@H](OC(=O)c2ccccc2)C1. The van der Waals surface area contributed by atoms with E-state index in [4.69, 9.17) is 4.74 Å². The molecule has 0 aromatic heterocycles. The summed E-state index contributed by atoms with van der Waals surface area (Å²) >= 11 is 0. The van der Waals surface area contributed by atoms with Crippen molar-refractivity contribution in [2.45, 2.75) is 51.7 Å². The van der Waals surface area contributed by atoms with Gasteiger partial charge in [0.2, 0.25) is 0 Å². The van der Waals surface area contributed by atoms with Crippen molar-refractivity contribution < 1.29 is 14.6 Å². The second-order valence-corrected chi connectivity index (χ2v) is 6.49. The highest BCUT2D eigenvalue weighted by Crippen LogP contribution is 2.37. The number of aliphatic hydroxyl groups is 1. The molecule has 110 valence electrons. The number of hydrogen-bond donors (Lipinski definition) is 1. The van der Waals surface area contributed by atoms with E-state index in [1.54, 1.807) is 26.0 Å². The van der Waals surface area contributed by atoms with E-state index < -0.39 is 5.60 Å². The molecule has 3 atom stereocenters. The van der Waals surface area contributed by atoms with Gasteiger partial charge in [0, 0.05) is 5.92 Å². The van der Waals surface area contributed by atoms with E-state index in [0.717, 1.165) is 19.3 Å². The minimum Gasteiger partial charge on any atom is -0.458 e. The quantitative estimate of drug-likeness (QED) is 0.860. The zero-order valence-electron chi connectivity index (χ0n) is 12.5. The number of rotatable bonds is 3. The van der Waals surface area contributed by atoms with Gasteiger partial charge in [0.25, 0.3) is 0 Å². The van der Waals surface area contributed by atoms with Crippen LogP contribution >= 0.6 is 0 Å². The molecular formula is C17H24O3. The van der Waals surface area contributed by atoms with Crippen molar-refractivity contribution in [3.8, 4) is 0 Å². The van der Waals surface area contributed by atoms with E-state index in [0.29, 0.717) is 11.5 Å². The summed E-state index contributed by atoms with van der Waals surface area (Å²) in [4.78, 5) is 12.2. The van der Waals surface area contributed by atoms with E-state index >= 15 is 0 Å². The first-order valence-corrected chi connectivity index (χ1v) is 7.36.